The first-order valence-corrected chi connectivity index (χ1v) is 12.9. The molecule has 1 fully saturated rings. The van der Waals surface area contributed by atoms with Crippen LogP contribution in [0.4, 0.5) is 0 Å². The van der Waals surface area contributed by atoms with Gasteiger partial charge in [0.25, 0.3) is 0 Å². The van der Waals surface area contributed by atoms with Gasteiger partial charge in [0, 0.05) is 18.6 Å². The van der Waals surface area contributed by atoms with Crippen molar-refractivity contribution in [2.24, 2.45) is 11.8 Å². The molecule has 35 heavy (non-hydrogen) atoms. The minimum absolute atomic E-state index is 0.0589. The number of nitrogens with zero attached hydrogens (tertiary/aromatic N) is 1. The first-order chi connectivity index (χ1) is 16.8. The van der Waals surface area contributed by atoms with Gasteiger partial charge in [-0.05, 0) is 69.6 Å². The number of carbonyl (C=O) groups excluding carboxylic acids is 1. The summed E-state index contributed by atoms with van der Waals surface area (Å²) in [6, 6.07) is 32.3. The maximum Gasteiger partial charge on any atom is 0.311 e. The van der Waals surface area contributed by atoms with Crippen LogP contribution < -0.4 is 0 Å². The van der Waals surface area contributed by atoms with E-state index in [4.69, 9.17) is 4.74 Å². The molecule has 3 heteroatoms. The lowest BCUT2D eigenvalue weighted by Gasteiger charge is -2.41. The lowest BCUT2D eigenvalue weighted by molar-refractivity contribution is -0.162. The molecule has 0 spiro atoms. The van der Waals surface area contributed by atoms with Gasteiger partial charge in [0.2, 0.25) is 0 Å². The first kappa shape index (κ1) is 25.2. The molecule has 0 heterocycles. The van der Waals surface area contributed by atoms with Crippen molar-refractivity contribution in [1.29, 1.82) is 0 Å². The maximum atomic E-state index is 13.5. The summed E-state index contributed by atoms with van der Waals surface area (Å²) >= 11 is 0. The third-order valence-electron chi connectivity index (χ3n) is 7.16. The van der Waals surface area contributed by atoms with Crippen molar-refractivity contribution >= 4 is 5.97 Å². The van der Waals surface area contributed by atoms with Crippen LogP contribution in [0.3, 0.4) is 0 Å². The molecule has 0 saturated heterocycles. The molecule has 0 amide bonds. The van der Waals surface area contributed by atoms with Crippen molar-refractivity contribution in [3.63, 3.8) is 0 Å². The third kappa shape index (κ3) is 6.61. The molecule has 1 aliphatic rings. The van der Waals surface area contributed by atoms with E-state index in [0.717, 1.165) is 25.8 Å². The second-order valence-corrected chi connectivity index (χ2v) is 10.9. The minimum atomic E-state index is -0.492. The molecule has 0 radical (unpaired) electrons. The molecule has 0 bridgehead atoms. The van der Waals surface area contributed by atoms with E-state index in [1.165, 1.54) is 16.7 Å². The lowest BCUT2D eigenvalue weighted by atomic mass is 9.88. The zero-order valence-corrected chi connectivity index (χ0v) is 21.6. The van der Waals surface area contributed by atoms with Crippen LogP contribution in [-0.2, 0) is 22.5 Å². The zero-order valence-electron chi connectivity index (χ0n) is 21.6. The average Bonchev–Trinajstić information content (AvgIpc) is 3.26. The number of benzene rings is 3. The smallest absolute Gasteiger partial charge is 0.311 e. The second kappa shape index (κ2) is 11.2. The molecule has 1 aliphatic carbocycles. The average molecular weight is 470 g/mol. The van der Waals surface area contributed by atoms with Gasteiger partial charge in [-0.3, -0.25) is 9.69 Å². The fourth-order valence-corrected chi connectivity index (χ4v) is 5.56. The molecule has 4 rings (SSSR count). The highest BCUT2D eigenvalue weighted by atomic mass is 16.6. The second-order valence-electron chi connectivity index (χ2n) is 10.9. The van der Waals surface area contributed by atoms with Gasteiger partial charge in [-0.2, -0.15) is 0 Å². The Morgan fingerprint density at radius 1 is 0.857 bits per heavy atom. The van der Waals surface area contributed by atoms with Gasteiger partial charge in [0.05, 0.1) is 5.92 Å². The predicted molar refractivity (Wildman–Crippen MR) is 143 cm³/mol. The van der Waals surface area contributed by atoms with E-state index in [2.05, 4.69) is 103 Å². The van der Waals surface area contributed by atoms with Crippen molar-refractivity contribution in [2.75, 3.05) is 0 Å². The number of hydrogen-bond acceptors (Lipinski definition) is 3. The van der Waals surface area contributed by atoms with Crippen molar-refractivity contribution in [1.82, 2.24) is 4.90 Å². The summed E-state index contributed by atoms with van der Waals surface area (Å²) in [5, 5.41) is 0. The lowest BCUT2D eigenvalue weighted by Crippen LogP contribution is -2.47. The van der Waals surface area contributed by atoms with Crippen molar-refractivity contribution in [2.45, 2.75) is 71.2 Å². The number of carbonyl (C=O) groups is 1. The highest BCUT2D eigenvalue weighted by Crippen LogP contribution is 2.42. The van der Waals surface area contributed by atoms with E-state index in [9.17, 15) is 4.79 Å². The van der Waals surface area contributed by atoms with Gasteiger partial charge < -0.3 is 4.74 Å². The van der Waals surface area contributed by atoms with Crippen LogP contribution in [0, 0.1) is 11.8 Å². The van der Waals surface area contributed by atoms with E-state index in [1.807, 2.05) is 20.8 Å². The topological polar surface area (TPSA) is 29.5 Å². The number of hydrogen-bond donors (Lipinski definition) is 0. The molecule has 184 valence electrons. The Morgan fingerprint density at radius 3 is 1.97 bits per heavy atom. The van der Waals surface area contributed by atoms with Crippen molar-refractivity contribution in [3.05, 3.63) is 108 Å². The minimum Gasteiger partial charge on any atom is -0.460 e. The number of esters is 1. The Morgan fingerprint density at radius 2 is 1.40 bits per heavy atom. The molecule has 1 saturated carbocycles. The number of ether oxygens (including phenoxy) is 1. The molecule has 0 unspecified atom stereocenters. The fourth-order valence-electron chi connectivity index (χ4n) is 5.56. The first-order valence-electron chi connectivity index (χ1n) is 12.9. The summed E-state index contributed by atoms with van der Waals surface area (Å²) in [7, 11) is 0. The number of rotatable bonds is 8. The summed E-state index contributed by atoms with van der Waals surface area (Å²) in [5.41, 5.74) is 3.38. The normalized spacial score (nSPS) is 21.1. The summed E-state index contributed by atoms with van der Waals surface area (Å²) in [6.45, 7) is 8.97. The summed E-state index contributed by atoms with van der Waals surface area (Å²) < 4.78 is 5.97. The Hall–Kier alpha value is -2.91. The molecule has 0 N–H and O–H groups in total. The van der Waals surface area contributed by atoms with Crippen LogP contribution >= 0.6 is 0 Å². The Labute approximate surface area is 211 Å². The van der Waals surface area contributed by atoms with Crippen LogP contribution in [0.25, 0.3) is 0 Å². The molecule has 3 aromatic carbocycles. The van der Waals surface area contributed by atoms with Crippen LogP contribution in [0.5, 0.6) is 0 Å². The highest BCUT2D eigenvalue weighted by molar-refractivity contribution is 5.74. The maximum absolute atomic E-state index is 13.5. The van der Waals surface area contributed by atoms with Gasteiger partial charge in [0.15, 0.2) is 0 Å². The van der Waals surface area contributed by atoms with Gasteiger partial charge in [0.1, 0.15) is 5.60 Å². The molecule has 0 aromatic heterocycles. The van der Waals surface area contributed by atoms with E-state index in [-0.39, 0.29) is 24.0 Å². The summed E-state index contributed by atoms with van der Waals surface area (Å²) in [6.07, 6.45) is 2.86. The van der Waals surface area contributed by atoms with Crippen LogP contribution in [-0.4, -0.2) is 22.5 Å². The molecule has 3 nitrogen and oxygen atoms in total. The fraction of sp³-hybridized carbons (Fsp3) is 0.406. The molecule has 0 aliphatic heterocycles. The Bertz CT molecular complexity index is 1060. The van der Waals surface area contributed by atoms with Crippen LogP contribution in [0.2, 0.25) is 0 Å². The van der Waals surface area contributed by atoms with E-state index in [0.29, 0.717) is 5.92 Å². The summed E-state index contributed by atoms with van der Waals surface area (Å²) in [4.78, 5) is 16.1. The van der Waals surface area contributed by atoms with E-state index >= 15 is 0 Å². The summed E-state index contributed by atoms with van der Waals surface area (Å²) in [5.74, 6) is 0.180. The largest absolute Gasteiger partial charge is 0.460 e. The van der Waals surface area contributed by atoms with Crippen LogP contribution in [0.1, 0.15) is 63.3 Å². The van der Waals surface area contributed by atoms with Gasteiger partial charge in [-0.25, -0.2) is 0 Å². The van der Waals surface area contributed by atoms with E-state index < -0.39 is 5.60 Å². The zero-order chi connectivity index (χ0) is 24.8. The molecular formula is C32H39NO2. The van der Waals surface area contributed by atoms with Crippen LogP contribution in [0.15, 0.2) is 91.0 Å². The van der Waals surface area contributed by atoms with Gasteiger partial charge in [-0.1, -0.05) is 91.0 Å². The quantitative estimate of drug-likeness (QED) is 0.326. The predicted octanol–water partition coefficient (Wildman–Crippen LogP) is 7.23. The third-order valence-corrected chi connectivity index (χ3v) is 7.16. The SMILES string of the molecule is C[C@@H](c1ccccc1)N(Cc1ccccc1)[C@H]1[C@H](Cc2ccccc2)CC[C@@H]1C(=O)OC(C)(C)C. The Kier molecular flexibility index (Phi) is 8.07. The Balaban J connectivity index is 1.72. The molecule has 4 atom stereocenters. The van der Waals surface area contributed by atoms with Crippen molar-refractivity contribution < 1.29 is 9.53 Å². The molecule has 3 aromatic rings. The van der Waals surface area contributed by atoms with Crippen molar-refractivity contribution in [3.8, 4) is 0 Å². The molecular weight excluding hydrogens is 430 g/mol. The standard InChI is InChI=1S/C32H39NO2/c1-24(27-18-12-7-13-19-27)33(23-26-16-10-6-11-17-26)30-28(22-25-14-8-5-9-15-25)20-21-29(30)31(34)35-32(2,3)4/h5-19,24,28-30H,20-23H2,1-4H3/t24-,28-,29-,30-/m0/s1. The highest BCUT2D eigenvalue weighted by Gasteiger charge is 2.46. The van der Waals surface area contributed by atoms with Gasteiger partial charge >= 0.3 is 5.97 Å². The van der Waals surface area contributed by atoms with E-state index in [1.54, 1.807) is 0 Å². The monoisotopic (exact) mass is 469 g/mol. The van der Waals surface area contributed by atoms with Gasteiger partial charge in [-0.15, -0.1) is 0 Å².